The minimum Gasteiger partial charge on any atom is -0.481 e. The van der Waals surface area contributed by atoms with Crippen LogP contribution in [0.3, 0.4) is 0 Å². The number of aliphatic hydroxyl groups excluding tert-OH is 1. The van der Waals surface area contributed by atoms with Gasteiger partial charge in [-0.15, -0.1) is 0 Å². The van der Waals surface area contributed by atoms with E-state index in [-0.39, 0.29) is 35.3 Å². The summed E-state index contributed by atoms with van der Waals surface area (Å²) in [4.78, 5) is 18.0. The first kappa shape index (κ1) is 58.8. The summed E-state index contributed by atoms with van der Waals surface area (Å²) >= 11 is 4.00. The summed E-state index contributed by atoms with van der Waals surface area (Å²) in [6.07, 6.45) is 0. The molecule has 3 N–H and O–H groups in total. The molecular weight excluding hydrogens is 633 g/mol. The Balaban J connectivity index is -0.0000000335. The average molecular weight is 686 g/mol. The van der Waals surface area contributed by atoms with Crippen molar-refractivity contribution < 1.29 is 58.1 Å². The third-order valence-corrected chi connectivity index (χ3v) is 11.8. The summed E-state index contributed by atoms with van der Waals surface area (Å²) in [5.74, 6) is -1.67. The molecule has 0 aromatic carbocycles. The van der Waals surface area contributed by atoms with Crippen LogP contribution in [0, 0.1) is 0 Å². The van der Waals surface area contributed by atoms with Crippen LogP contribution < -0.4 is 0 Å². The van der Waals surface area contributed by atoms with E-state index in [1.807, 2.05) is 8.02 Å². The smallest absolute Gasteiger partial charge is 0.311 e. The van der Waals surface area contributed by atoms with Crippen molar-refractivity contribution in [3.63, 3.8) is 0 Å². The standard InChI is InChI=1S/C8H24O2Si3.2C2H4O2.CH7OPSi.CH4O.2CH4.HPS.Pd/c1-11(2,3)9-13(7,8)10-12(4,5)6;2*1-2(3)4;1-2-3-4;1-2;;;1-2;/h1-8H3;2*1H3,(H,3,4);3H,1,4H3;2H,1H3;2*1H4;1H;/p+1. The molecule has 0 aliphatic rings. The summed E-state index contributed by atoms with van der Waals surface area (Å²) in [6.45, 7) is 19.8. The van der Waals surface area contributed by atoms with Crippen molar-refractivity contribution in [3.05, 3.63) is 0 Å². The molecule has 8 nitrogen and oxygen atoms in total. The molecule has 16 heteroatoms. The van der Waals surface area contributed by atoms with Crippen LogP contribution in [0.5, 0.6) is 0 Å². The molecule has 0 aliphatic carbocycles. The average Bonchev–Trinajstić information content (AvgIpc) is 2.45. The molecule has 2 unspecified atom stereocenters. The summed E-state index contributed by atoms with van der Waals surface area (Å²) in [5.41, 5.74) is 0. The predicted octanol–water partition coefficient (Wildman–Crippen LogP) is 4.28. The number of hydrogen-bond acceptors (Lipinski definition) is 7. The van der Waals surface area contributed by atoms with Crippen LogP contribution >= 0.6 is 16.4 Å². The first-order valence-corrected chi connectivity index (χ1v) is 24.4. The molecule has 0 bridgehead atoms. The first-order chi connectivity index (χ1) is 12.8. The van der Waals surface area contributed by atoms with Gasteiger partial charge in [-0.25, -0.2) is 0 Å². The maximum atomic E-state index is 9.00. The maximum Gasteiger partial charge on any atom is 0.311 e. The van der Waals surface area contributed by atoms with E-state index >= 15 is 0 Å². The van der Waals surface area contributed by atoms with Crippen molar-refractivity contribution >= 4 is 75.2 Å². The van der Waals surface area contributed by atoms with Crippen LogP contribution in [0.2, 0.25) is 52.4 Å². The number of aliphatic hydroxyl groups is 1. The van der Waals surface area contributed by atoms with Gasteiger partial charge in [0.25, 0.3) is 11.9 Å². The summed E-state index contributed by atoms with van der Waals surface area (Å²) in [5, 5.41) is 21.8. The second kappa shape index (κ2) is 36.8. The molecule has 0 amide bonds. The Hall–Kier alpha value is 1.26. The zero-order valence-electron chi connectivity index (χ0n) is 20.7. The van der Waals surface area contributed by atoms with Crippen LogP contribution in [0.15, 0.2) is 0 Å². The molecule has 2 atom stereocenters. The van der Waals surface area contributed by atoms with Crippen LogP contribution in [-0.4, -0.2) is 76.6 Å². The van der Waals surface area contributed by atoms with E-state index in [0.717, 1.165) is 29.3 Å². The summed E-state index contributed by atoms with van der Waals surface area (Å²) < 4.78 is 16.8. The fourth-order valence-electron chi connectivity index (χ4n) is 1.50. The molecule has 32 heavy (non-hydrogen) atoms. The number of carbonyl (C=O) groups is 2. The van der Waals surface area contributed by atoms with Crippen LogP contribution in [0.25, 0.3) is 0 Å². The van der Waals surface area contributed by atoms with Crippen molar-refractivity contribution in [1.29, 1.82) is 0 Å². The quantitative estimate of drug-likeness (QED) is 0.288. The van der Waals surface area contributed by atoms with E-state index in [9.17, 15) is 0 Å². The van der Waals surface area contributed by atoms with Gasteiger partial charge in [-0.2, -0.15) is 0 Å². The van der Waals surface area contributed by atoms with E-state index in [2.05, 4.69) is 68.7 Å². The first-order valence-electron chi connectivity index (χ1n) is 8.47. The zero-order chi connectivity index (χ0) is 25.5. The minimum absolute atomic E-state index is 0. The zero-order valence-corrected chi connectivity index (χ0v) is 30.2. The van der Waals surface area contributed by atoms with Gasteiger partial charge in [0.05, 0.1) is 9.91 Å². The molecule has 0 radical (unpaired) electrons. The van der Waals surface area contributed by atoms with Crippen molar-refractivity contribution in [1.82, 2.24) is 0 Å². The van der Waals surface area contributed by atoms with Gasteiger partial charge in [0, 0.05) is 48.5 Å². The Kier molecular flexibility index (Phi) is 67.7. The molecule has 0 aliphatic heterocycles. The van der Waals surface area contributed by atoms with Gasteiger partial charge in [0.15, 0.2) is 28.4 Å². The third-order valence-electron chi connectivity index (χ3n) is 1.31. The fraction of sp³-hybridized carbons (Fsp3) is 0.875. The summed E-state index contributed by atoms with van der Waals surface area (Å²) in [7, 11) is 1.98. The number of hydrogen-bond donors (Lipinski definition) is 3. The van der Waals surface area contributed by atoms with E-state index in [0.29, 0.717) is 0 Å². The second-order valence-corrected chi connectivity index (χ2v) is 22.2. The van der Waals surface area contributed by atoms with Gasteiger partial charge in [0.1, 0.15) is 8.02 Å². The van der Waals surface area contributed by atoms with E-state index in [1.165, 1.54) is 9.91 Å². The Labute approximate surface area is 227 Å². The fourth-order valence-corrected chi connectivity index (χ4v) is 13.8. The van der Waals surface area contributed by atoms with Crippen molar-refractivity contribution in [3.8, 4) is 0 Å². The Morgan fingerprint density at radius 1 is 0.812 bits per heavy atom. The van der Waals surface area contributed by atoms with Gasteiger partial charge >= 0.3 is 8.56 Å². The van der Waals surface area contributed by atoms with Gasteiger partial charge in [-0.05, 0) is 60.7 Å². The van der Waals surface area contributed by atoms with Gasteiger partial charge in [0.2, 0.25) is 0 Å². The number of carboxylic acids is 2. The molecule has 0 rings (SSSR count). The number of aliphatic carboxylic acids is 2. The number of carboxylic acid groups (broad SMARTS) is 2. The van der Waals surface area contributed by atoms with E-state index in [1.54, 1.807) is 7.11 Å². The Morgan fingerprint density at radius 2 is 0.938 bits per heavy atom. The predicted molar refractivity (Wildman–Crippen MR) is 157 cm³/mol. The van der Waals surface area contributed by atoms with Crippen molar-refractivity contribution in [2.45, 2.75) is 81.1 Å². The monoisotopic (exact) mass is 685 g/mol. The van der Waals surface area contributed by atoms with Crippen LogP contribution in [0.4, 0.5) is 0 Å². The Morgan fingerprint density at radius 3 is 1.00 bits per heavy atom. The molecule has 0 aromatic heterocycles. The molecular formula is C16H53O8P2PdSSi4+. The Bertz CT molecular complexity index is 350. The molecule has 0 aromatic rings. The molecule has 0 fully saturated rings. The van der Waals surface area contributed by atoms with Gasteiger partial charge < -0.3 is 28.1 Å². The second-order valence-electron chi connectivity index (χ2n) is 7.27. The molecule has 0 saturated heterocycles. The van der Waals surface area contributed by atoms with E-state index in [4.69, 9.17) is 33.1 Å². The topological polar surface area (TPSA) is 123 Å². The third kappa shape index (κ3) is 141. The minimum atomic E-state index is -1.85. The SMILES string of the molecule is C.C.CC(=O)O.CC(=O)O.CO.COP[SiH3].C[Si](C)(C)O[Si](C)(C)O[Si](C)(C)C.[PH2+]=S.[Pd]. The van der Waals surface area contributed by atoms with E-state index < -0.39 is 37.1 Å². The van der Waals surface area contributed by atoms with Crippen LogP contribution in [-0.2, 0) is 54.6 Å². The summed E-state index contributed by atoms with van der Waals surface area (Å²) in [6, 6.07) is 0. The van der Waals surface area contributed by atoms with Crippen molar-refractivity contribution in [2.24, 2.45) is 0 Å². The maximum absolute atomic E-state index is 9.00. The largest absolute Gasteiger partial charge is 0.481 e. The van der Waals surface area contributed by atoms with Gasteiger partial charge in [-0.1, -0.05) is 14.9 Å². The number of rotatable bonds is 5. The molecule has 0 heterocycles. The van der Waals surface area contributed by atoms with Crippen LogP contribution in [0.1, 0.15) is 28.7 Å². The van der Waals surface area contributed by atoms with Crippen molar-refractivity contribution in [2.75, 3.05) is 14.2 Å². The van der Waals surface area contributed by atoms with Gasteiger partial charge in [-0.3, -0.25) is 9.59 Å². The molecule has 206 valence electrons. The molecule has 0 saturated carbocycles. The normalized spacial score (nSPS) is 9.28. The molecule has 0 spiro atoms.